The van der Waals surface area contributed by atoms with E-state index in [9.17, 15) is 9.59 Å². The van der Waals surface area contributed by atoms with Gasteiger partial charge in [-0.2, -0.15) is 5.06 Å². The lowest BCUT2D eigenvalue weighted by Gasteiger charge is -2.26. The summed E-state index contributed by atoms with van der Waals surface area (Å²) < 4.78 is 9.77. The van der Waals surface area contributed by atoms with Gasteiger partial charge in [-0.05, 0) is 26.2 Å². The monoisotopic (exact) mass is 333 g/mol. The summed E-state index contributed by atoms with van der Waals surface area (Å²) in [7, 11) is 1.36. The van der Waals surface area contributed by atoms with Gasteiger partial charge in [-0.3, -0.25) is 4.84 Å². The van der Waals surface area contributed by atoms with E-state index < -0.39 is 18.1 Å². The van der Waals surface area contributed by atoms with Crippen molar-refractivity contribution in [3.63, 3.8) is 0 Å². The number of ether oxygens (including phenoxy) is 2. The highest BCUT2D eigenvalue weighted by atomic mass is 35.5. The van der Waals surface area contributed by atoms with Crippen molar-refractivity contribution in [2.45, 2.75) is 32.2 Å². The number of amides is 1. The largest absolute Gasteiger partial charge is 0.463 e. The molecule has 0 fully saturated rings. The smallest absolute Gasteiger partial charge is 0.434 e. The number of nitrogens with zero attached hydrogens (tertiary/aromatic N) is 1. The van der Waals surface area contributed by atoms with Gasteiger partial charge in [-0.25, -0.2) is 9.59 Å². The van der Waals surface area contributed by atoms with Gasteiger partial charge in [0.2, 0.25) is 0 Å². The summed E-state index contributed by atoms with van der Waals surface area (Å²) in [5.74, 6) is 0.0581. The van der Waals surface area contributed by atoms with Crippen LogP contribution in [-0.4, -0.2) is 49.4 Å². The van der Waals surface area contributed by atoms with Crippen LogP contribution in [0.25, 0.3) is 0 Å². The van der Waals surface area contributed by atoms with E-state index in [0.717, 1.165) is 17.9 Å². The highest BCUT2D eigenvalue weighted by molar-refractivity contribution is 6.17. The summed E-state index contributed by atoms with van der Waals surface area (Å²) in [6.45, 7) is 5.56. The molecule has 0 radical (unpaired) electrons. The van der Waals surface area contributed by atoms with Crippen LogP contribution in [0.15, 0.2) is 24.8 Å². The molecule has 0 saturated heterocycles. The second kappa shape index (κ2) is 13.2. The zero-order chi connectivity index (χ0) is 16.8. The quantitative estimate of drug-likeness (QED) is 0.145. The maximum absolute atomic E-state index is 11.9. The highest BCUT2D eigenvalue weighted by Gasteiger charge is 2.23. The Bertz CT molecular complexity index is 373. The third-order valence-corrected chi connectivity index (χ3v) is 2.89. The molecule has 1 amide bonds. The van der Waals surface area contributed by atoms with Crippen molar-refractivity contribution < 1.29 is 23.9 Å². The van der Waals surface area contributed by atoms with E-state index in [4.69, 9.17) is 25.9 Å². The average Bonchev–Trinajstić information content (AvgIpc) is 2.51. The number of carbonyl (C=O) groups excluding carboxylic acids is 2. The first-order valence-electron chi connectivity index (χ1n) is 7.12. The second-order valence-electron chi connectivity index (χ2n) is 4.24. The maximum atomic E-state index is 11.9. The van der Waals surface area contributed by atoms with Crippen molar-refractivity contribution in [1.82, 2.24) is 5.06 Å². The molecule has 1 atom stereocenters. The van der Waals surface area contributed by atoms with Crippen LogP contribution in [-0.2, 0) is 19.1 Å². The van der Waals surface area contributed by atoms with Crippen molar-refractivity contribution in [2.75, 3.05) is 26.2 Å². The molecule has 0 rings (SSSR count). The van der Waals surface area contributed by atoms with E-state index in [0.29, 0.717) is 12.3 Å². The standard InChI is InChI=1S/C15H24ClNO5/c1-4-12-22-15(19)17(20-3)13(8-6-7-11-16)9-10-14(18)21-5-2/h4,9-10,13H,1,5-8,11-12H2,2-3H3/b10-9+/t13-/m0/s1. The third-order valence-electron chi connectivity index (χ3n) is 2.63. The molecule has 0 spiro atoms. The summed E-state index contributed by atoms with van der Waals surface area (Å²) in [6.07, 6.45) is 5.81. The Kier molecular flexibility index (Phi) is 12.2. The van der Waals surface area contributed by atoms with Crippen LogP contribution >= 0.6 is 11.6 Å². The van der Waals surface area contributed by atoms with Gasteiger partial charge >= 0.3 is 12.1 Å². The predicted octanol–water partition coefficient (Wildman–Crippen LogP) is 3.07. The Morgan fingerprint density at radius 2 is 2.05 bits per heavy atom. The molecule has 0 heterocycles. The molecular formula is C15H24ClNO5. The number of hydrogen-bond acceptors (Lipinski definition) is 5. The minimum absolute atomic E-state index is 0.0781. The minimum atomic E-state index is -0.646. The van der Waals surface area contributed by atoms with Crippen molar-refractivity contribution in [1.29, 1.82) is 0 Å². The number of carbonyl (C=O) groups is 2. The fourth-order valence-electron chi connectivity index (χ4n) is 1.66. The number of alkyl halides is 1. The third kappa shape index (κ3) is 8.69. The number of hydrogen-bond donors (Lipinski definition) is 0. The molecule has 0 unspecified atom stereocenters. The zero-order valence-corrected chi connectivity index (χ0v) is 13.9. The number of halogens is 1. The van der Waals surface area contributed by atoms with E-state index in [-0.39, 0.29) is 13.2 Å². The lowest BCUT2D eigenvalue weighted by Crippen LogP contribution is -2.39. The van der Waals surface area contributed by atoms with Crippen molar-refractivity contribution in [3.8, 4) is 0 Å². The summed E-state index contributed by atoms with van der Waals surface area (Å²) in [5, 5.41) is 1.08. The van der Waals surface area contributed by atoms with Crippen molar-refractivity contribution >= 4 is 23.7 Å². The molecule has 0 aromatic carbocycles. The summed E-state index contributed by atoms with van der Waals surface area (Å²) in [5.41, 5.74) is 0. The van der Waals surface area contributed by atoms with E-state index in [1.165, 1.54) is 19.3 Å². The molecule has 0 N–H and O–H groups in total. The van der Waals surface area contributed by atoms with Gasteiger partial charge in [0.1, 0.15) is 6.61 Å². The van der Waals surface area contributed by atoms with Crippen LogP contribution in [0.5, 0.6) is 0 Å². The number of unbranched alkanes of at least 4 members (excludes halogenated alkanes) is 1. The van der Waals surface area contributed by atoms with Crippen LogP contribution in [0.3, 0.4) is 0 Å². The van der Waals surface area contributed by atoms with Gasteiger partial charge in [-0.15, -0.1) is 11.6 Å². The van der Waals surface area contributed by atoms with E-state index >= 15 is 0 Å². The van der Waals surface area contributed by atoms with Crippen molar-refractivity contribution in [2.24, 2.45) is 0 Å². The van der Waals surface area contributed by atoms with Gasteiger partial charge in [0, 0.05) is 12.0 Å². The number of hydroxylamine groups is 2. The SMILES string of the molecule is C=CCOC(=O)N(OC)[C@H](/C=C/C(=O)OCC)CCCCCl. The minimum Gasteiger partial charge on any atom is -0.463 e. The van der Waals surface area contributed by atoms with Crippen LogP contribution in [0, 0.1) is 0 Å². The van der Waals surface area contributed by atoms with Gasteiger partial charge < -0.3 is 9.47 Å². The molecule has 0 saturated carbocycles. The van der Waals surface area contributed by atoms with Crippen LogP contribution < -0.4 is 0 Å². The molecule has 0 bridgehead atoms. The lowest BCUT2D eigenvalue weighted by molar-refractivity contribution is -0.138. The molecule has 0 aliphatic rings. The molecule has 22 heavy (non-hydrogen) atoms. The fourth-order valence-corrected chi connectivity index (χ4v) is 1.85. The zero-order valence-electron chi connectivity index (χ0n) is 13.1. The van der Waals surface area contributed by atoms with Gasteiger partial charge in [0.05, 0.1) is 19.8 Å². The summed E-state index contributed by atoms with van der Waals surface area (Å²) >= 11 is 5.66. The molecule has 6 nitrogen and oxygen atoms in total. The lowest BCUT2D eigenvalue weighted by atomic mass is 10.1. The first kappa shape index (κ1) is 20.5. The van der Waals surface area contributed by atoms with Gasteiger partial charge in [-0.1, -0.05) is 18.7 Å². The van der Waals surface area contributed by atoms with Crippen LogP contribution in [0.4, 0.5) is 4.79 Å². The first-order chi connectivity index (χ1) is 10.6. The molecule has 0 aromatic rings. The van der Waals surface area contributed by atoms with E-state index in [1.54, 1.807) is 13.0 Å². The Morgan fingerprint density at radius 1 is 1.32 bits per heavy atom. The number of esters is 1. The molecule has 126 valence electrons. The Balaban J connectivity index is 4.86. The molecular weight excluding hydrogens is 310 g/mol. The van der Waals surface area contributed by atoms with Gasteiger partial charge in [0.15, 0.2) is 0 Å². The molecule has 0 aliphatic heterocycles. The second-order valence-corrected chi connectivity index (χ2v) is 4.62. The van der Waals surface area contributed by atoms with Crippen molar-refractivity contribution in [3.05, 3.63) is 24.8 Å². The maximum Gasteiger partial charge on any atom is 0.434 e. The van der Waals surface area contributed by atoms with E-state index in [1.807, 2.05) is 0 Å². The van der Waals surface area contributed by atoms with Crippen LogP contribution in [0.1, 0.15) is 26.2 Å². The highest BCUT2D eigenvalue weighted by Crippen LogP contribution is 2.13. The Hall–Kier alpha value is -1.53. The Morgan fingerprint density at radius 3 is 2.59 bits per heavy atom. The molecule has 0 aliphatic carbocycles. The predicted molar refractivity (Wildman–Crippen MR) is 84.5 cm³/mol. The summed E-state index contributed by atoms with van der Waals surface area (Å²) in [4.78, 5) is 28.4. The molecule has 0 aromatic heterocycles. The Labute approximate surface area is 136 Å². The first-order valence-corrected chi connectivity index (χ1v) is 7.66. The fraction of sp³-hybridized carbons (Fsp3) is 0.600. The average molecular weight is 334 g/mol. The van der Waals surface area contributed by atoms with Crippen LogP contribution in [0.2, 0.25) is 0 Å². The van der Waals surface area contributed by atoms with E-state index in [2.05, 4.69) is 6.58 Å². The summed E-state index contributed by atoms with van der Waals surface area (Å²) in [6, 6.07) is -0.449. The normalized spacial score (nSPS) is 12.0. The van der Waals surface area contributed by atoms with Gasteiger partial charge in [0.25, 0.3) is 0 Å². The topological polar surface area (TPSA) is 65.1 Å². The number of rotatable bonds is 11. The molecule has 7 heteroatoms.